The monoisotopic (exact) mass is 355 g/mol. The summed E-state index contributed by atoms with van der Waals surface area (Å²) in [5, 5.41) is 13.1. The van der Waals surface area contributed by atoms with Gasteiger partial charge in [-0.3, -0.25) is 9.59 Å². The summed E-state index contributed by atoms with van der Waals surface area (Å²) in [5.41, 5.74) is 5.44. The van der Waals surface area contributed by atoms with Gasteiger partial charge in [-0.1, -0.05) is 15.9 Å². The number of hydrogen-bond acceptors (Lipinski definition) is 4. The quantitative estimate of drug-likeness (QED) is 0.745. The van der Waals surface area contributed by atoms with Crippen molar-refractivity contribution in [2.75, 3.05) is 19.6 Å². The molecule has 1 fully saturated rings. The molecular weight excluding hydrogens is 338 g/mol. The van der Waals surface area contributed by atoms with Crippen LogP contribution in [0.1, 0.15) is 23.2 Å². The number of aromatic hydroxyl groups is 1. The number of amides is 2. The summed E-state index contributed by atoms with van der Waals surface area (Å²) >= 11 is 3.23. The van der Waals surface area contributed by atoms with E-state index < -0.39 is 5.91 Å². The molecule has 0 saturated carbocycles. The van der Waals surface area contributed by atoms with Crippen molar-refractivity contribution in [3.8, 4) is 5.75 Å². The Labute approximate surface area is 131 Å². The number of piperidine rings is 1. The molecule has 0 radical (unpaired) electrons. The zero-order chi connectivity index (χ0) is 15.4. The third-order valence-corrected chi connectivity index (χ3v) is 4.02. The Morgan fingerprint density at radius 3 is 2.62 bits per heavy atom. The van der Waals surface area contributed by atoms with Crippen LogP contribution in [0.15, 0.2) is 22.7 Å². The lowest BCUT2D eigenvalue weighted by Gasteiger charge is -2.34. The van der Waals surface area contributed by atoms with Gasteiger partial charge in [0, 0.05) is 10.5 Å². The van der Waals surface area contributed by atoms with Gasteiger partial charge in [0.1, 0.15) is 5.75 Å². The molecule has 0 atom stereocenters. The molecule has 2 rings (SSSR count). The number of rotatable bonds is 4. The lowest BCUT2D eigenvalue weighted by Crippen LogP contribution is -2.49. The van der Waals surface area contributed by atoms with Gasteiger partial charge in [-0.05, 0) is 44.1 Å². The van der Waals surface area contributed by atoms with E-state index in [4.69, 9.17) is 5.73 Å². The number of phenolic OH excluding ortho intramolecular Hbond substituents is 1. The fraction of sp³-hybridized carbons (Fsp3) is 0.429. The summed E-state index contributed by atoms with van der Waals surface area (Å²) in [5.74, 6) is -1.04. The molecule has 1 aromatic carbocycles. The van der Waals surface area contributed by atoms with E-state index in [0.717, 1.165) is 25.9 Å². The highest BCUT2D eigenvalue weighted by atomic mass is 79.9. The van der Waals surface area contributed by atoms with E-state index in [2.05, 4.69) is 21.2 Å². The van der Waals surface area contributed by atoms with Gasteiger partial charge in [0.05, 0.1) is 12.1 Å². The second kappa shape index (κ2) is 6.91. The lowest BCUT2D eigenvalue weighted by molar-refractivity contribution is -0.119. The van der Waals surface area contributed by atoms with Gasteiger partial charge in [-0.2, -0.15) is 0 Å². The second-order valence-electron chi connectivity index (χ2n) is 5.04. The molecule has 0 aromatic heterocycles. The van der Waals surface area contributed by atoms with Crippen molar-refractivity contribution in [1.29, 1.82) is 0 Å². The average molecular weight is 356 g/mol. The van der Waals surface area contributed by atoms with Crippen LogP contribution in [0.25, 0.3) is 0 Å². The standard InChI is InChI=1S/C14H18BrN3O3/c15-9-1-2-11(12(19)7-9)14(21)18(8-13(16)20)10-3-5-17-6-4-10/h1-2,7,10,17,19H,3-6,8H2,(H2,16,20). The molecule has 114 valence electrons. The van der Waals surface area contributed by atoms with E-state index in [0.29, 0.717) is 4.47 Å². The van der Waals surface area contributed by atoms with Gasteiger partial charge in [0.15, 0.2) is 0 Å². The van der Waals surface area contributed by atoms with Gasteiger partial charge in [-0.25, -0.2) is 0 Å². The SMILES string of the molecule is NC(=O)CN(C(=O)c1ccc(Br)cc1O)C1CCNCC1. The van der Waals surface area contributed by atoms with Crippen molar-refractivity contribution >= 4 is 27.7 Å². The van der Waals surface area contributed by atoms with Crippen LogP contribution in [0.5, 0.6) is 5.75 Å². The van der Waals surface area contributed by atoms with E-state index in [-0.39, 0.29) is 29.8 Å². The number of benzene rings is 1. The maximum Gasteiger partial charge on any atom is 0.258 e. The Morgan fingerprint density at radius 1 is 1.38 bits per heavy atom. The van der Waals surface area contributed by atoms with E-state index in [1.54, 1.807) is 6.07 Å². The zero-order valence-corrected chi connectivity index (χ0v) is 13.1. The molecule has 4 N–H and O–H groups in total. The van der Waals surface area contributed by atoms with Crippen molar-refractivity contribution < 1.29 is 14.7 Å². The van der Waals surface area contributed by atoms with Crippen LogP contribution in [0.4, 0.5) is 0 Å². The van der Waals surface area contributed by atoms with Crippen molar-refractivity contribution in [3.63, 3.8) is 0 Å². The largest absolute Gasteiger partial charge is 0.507 e. The molecule has 6 nitrogen and oxygen atoms in total. The maximum absolute atomic E-state index is 12.6. The summed E-state index contributed by atoms with van der Waals surface area (Å²) in [6.07, 6.45) is 1.52. The van der Waals surface area contributed by atoms with Gasteiger partial charge in [0.2, 0.25) is 5.91 Å². The van der Waals surface area contributed by atoms with Crippen LogP contribution in [0.3, 0.4) is 0 Å². The minimum absolute atomic E-state index is 0.0469. The third kappa shape index (κ3) is 3.95. The van der Waals surface area contributed by atoms with E-state index in [1.165, 1.54) is 17.0 Å². The zero-order valence-electron chi connectivity index (χ0n) is 11.5. The van der Waals surface area contributed by atoms with Gasteiger partial charge < -0.3 is 21.1 Å². The lowest BCUT2D eigenvalue weighted by atomic mass is 10.0. The summed E-state index contributed by atoms with van der Waals surface area (Å²) in [6, 6.07) is 4.63. The number of hydrogen-bond donors (Lipinski definition) is 3. The third-order valence-electron chi connectivity index (χ3n) is 3.53. The van der Waals surface area contributed by atoms with Gasteiger partial charge >= 0.3 is 0 Å². The highest BCUT2D eigenvalue weighted by Crippen LogP contribution is 2.25. The molecule has 0 spiro atoms. The van der Waals surface area contributed by atoms with Crippen molar-refractivity contribution in [3.05, 3.63) is 28.2 Å². The second-order valence-corrected chi connectivity index (χ2v) is 5.96. The van der Waals surface area contributed by atoms with E-state index in [9.17, 15) is 14.7 Å². The van der Waals surface area contributed by atoms with Crippen LogP contribution in [0, 0.1) is 0 Å². The normalized spacial score (nSPS) is 15.7. The predicted octanol–water partition coefficient (Wildman–Crippen LogP) is 0.834. The summed E-state index contributed by atoms with van der Waals surface area (Å²) < 4.78 is 0.680. The minimum Gasteiger partial charge on any atom is -0.507 e. The van der Waals surface area contributed by atoms with Crippen LogP contribution >= 0.6 is 15.9 Å². The Balaban J connectivity index is 2.26. The average Bonchev–Trinajstić information content (AvgIpc) is 2.45. The van der Waals surface area contributed by atoms with Crippen molar-refractivity contribution in [2.45, 2.75) is 18.9 Å². The Hall–Kier alpha value is -1.60. The molecule has 1 saturated heterocycles. The molecule has 0 aliphatic carbocycles. The first-order chi connectivity index (χ1) is 9.99. The van der Waals surface area contributed by atoms with E-state index in [1.807, 2.05) is 0 Å². The molecule has 7 heteroatoms. The highest BCUT2D eigenvalue weighted by Gasteiger charge is 2.28. The number of nitrogens with two attached hydrogens (primary N) is 1. The molecule has 0 bridgehead atoms. The van der Waals surface area contributed by atoms with Crippen molar-refractivity contribution in [2.24, 2.45) is 5.73 Å². The highest BCUT2D eigenvalue weighted by molar-refractivity contribution is 9.10. The van der Waals surface area contributed by atoms with Crippen LogP contribution in [0.2, 0.25) is 0 Å². The minimum atomic E-state index is -0.557. The number of halogens is 1. The summed E-state index contributed by atoms with van der Waals surface area (Å²) in [6.45, 7) is 1.44. The van der Waals surface area contributed by atoms with Crippen LogP contribution in [-0.2, 0) is 4.79 Å². The molecule has 1 aliphatic rings. The molecule has 1 aromatic rings. The molecule has 1 heterocycles. The molecule has 0 unspecified atom stereocenters. The number of nitrogens with one attached hydrogen (secondary N) is 1. The van der Waals surface area contributed by atoms with Crippen molar-refractivity contribution in [1.82, 2.24) is 10.2 Å². The van der Waals surface area contributed by atoms with Crippen LogP contribution < -0.4 is 11.1 Å². The number of carbonyl (C=O) groups is 2. The first-order valence-electron chi connectivity index (χ1n) is 6.77. The summed E-state index contributed by atoms with van der Waals surface area (Å²) in [7, 11) is 0. The van der Waals surface area contributed by atoms with Gasteiger partial charge in [0.25, 0.3) is 5.91 Å². The Bertz CT molecular complexity index is 544. The van der Waals surface area contributed by atoms with Crippen LogP contribution in [-0.4, -0.2) is 47.5 Å². The number of primary amides is 1. The Kier molecular flexibility index (Phi) is 5.19. The fourth-order valence-corrected chi connectivity index (χ4v) is 2.84. The maximum atomic E-state index is 12.6. The predicted molar refractivity (Wildman–Crippen MR) is 81.9 cm³/mol. The Morgan fingerprint density at radius 2 is 2.05 bits per heavy atom. The first-order valence-corrected chi connectivity index (χ1v) is 7.57. The molecule has 1 aliphatic heterocycles. The number of nitrogens with zero attached hydrogens (tertiary/aromatic N) is 1. The summed E-state index contributed by atoms with van der Waals surface area (Å²) in [4.78, 5) is 25.4. The molecule has 21 heavy (non-hydrogen) atoms. The van der Waals surface area contributed by atoms with Gasteiger partial charge in [-0.15, -0.1) is 0 Å². The topological polar surface area (TPSA) is 95.7 Å². The molecule has 2 amide bonds. The van der Waals surface area contributed by atoms with E-state index >= 15 is 0 Å². The fourth-order valence-electron chi connectivity index (χ4n) is 2.49. The smallest absolute Gasteiger partial charge is 0.258 e. The number of carbonyl (C=O) groups excluding carboxylic acids is 2. The first kappa shape index (κ1) is 15.8. The molecular formula is C14H18BrN3O3. The number of phenols is 1.